The van der Waals surface area contributed by atoms with Crippen molar-refractivity contribution < 1.29 is 4.79 Å². The maximum absolute atomic E-state index is 12.0. The molecule has 0 bridgehead atoms. The van der Waals surface area contributed by atoms with Gasteiger partial charge in [0.25, 0.3) is 5.91 Å². The van der Waals surface area contributed by atoms with Gasteiger partial charge in [-0.25, -0.2) is 0 Å². The summed E-state index contributed by atoms with van der Waals surface area (Å²) in [4.78, 5) is 12.0. The Hall–Kier alpha value is -2.09. The predicted molar refractivity (Wildman–Crippen MR) is 120 cm³/mol. The van der Waals surface area contributed by atoms with Gasteiger partial charge < -0.3 is 22.1 Å². The zero-order chi connectivity index (χ0) is 21.3. The molecule has 0 unspecified atom stereocenters. The van der Waals surface area contributed by atoms with Crippen LogP contribution < -0.4 is 22.1 Å². The number of nitrogens with zero attached hydrogens (tertiary/aromatic N) is 2. The summed E-state index contributed by atoms with van der Waals surface area (Å²) < 4.78 is 1.89. The van der Waals surface area contributed by atoms with E-state index in [1.54, 1.807) is 18.3 Å². The first-order chi connectivity index (χ1) is 14.4. The Morgan fingerprint density at radius 1 is 1.27 bits per heavy atom. The van der Waals surface area contributed by atoms with E-state index in [0.29, 0.717) is 41.0 Å². The van der Waals surface area contributed by atoms with Gasteiger partial charge in [-0.2, -0.15) is 5.10 Å². The van der Waals surface area contributed by atoms with Gasteiger partial charge in [0.1, 0.15) is 5.56 Å². The smallest absolute Gasteiger partial charge is 0.254 e. The minimum Gasteiger partial charge on any atom is -0.365 e. The van der Waals surface area contributed by atoms with Crippen LogP contribution >= 0.6 is 11.6 Å². The van der Waals surface area contributed by atoms with Crippen LogP contribution in [0.5, 0.6) is 0 Å². The third-order valence-corrected chi connectivity index (χ3v) is 6.77. The Labute approximate surface area is 182 Å². The van der Waals surface area contributed by atoms with Crippen LogP contribution in [-0.4, -0.2) is 34.3 Å². The molecular weight excluding hydrogens is 400 g/mol. The largest absolute Gasteiger partial charge is 0.365 e. The molecule has 0 aliphatic heterocycles. The monoisotopic (exact) mass is 430 g/mol. The van der Waals surface area contributed by atoms with E-state index in [9.17, 15) is 4.79 Å². The molecule has 0 spiro atoms. The van der Waals surface area contributed by atoms with Gasteiger partial charge >= 0.3 is 0 Å². The molecule has 4 rings (SSSR count). The van der Waals surface area contributed by atoms with Crippen LogP contribution in [-0.2, 0) is 0 Å². The summed E-state index contributed by atoms with van der Waals surface area (Å²) in [5.41, 5.74) is 12.9. The number of hydrogen-bond acceptors (Lipinski definition) is 5. The first kappa shape index (κ1) is 21.2. The highest BCUT2D eigenvalue weighted by Crippen LogP contribution is 2.37. The average molecular weight is 431 g/mol. The van der Waals surface area contributed by atoms with Crippen LogP contribution in [0.2, 0.25) is 5.02 Å². The molecular formula is C22H31ClN6O. The van der Waals surface area contributed by atoms with Crippen molar-refractivity contribution in [2.45, 2.75) is 57.2 Å². The summed E-state index contributed by atoms with van der Waals surface area (Å²) in [6.45, 7) is 2.88. The Morgan fingerprint density at radius 3 is 2.63 bits per heavy atom. The van der Waals surface area contributed by atoms with E-state index in [1.165, 1.54) is 12.8 Å². The van der Waals surface area contributed by atoms with Crippen molar-refractivity contribution in [1.82, 2.24) is 15.1 Å². The van der Waals surface area contributed by atoms with Crippen LogP contribution in [0.3, 0.4) is 0 Å². The molecule has 1 heterocycles. The van der Waals surface area contributed by atoms with Crippen molar-refractivity contribution in [3.05, 3.63) is 41.0 Å². The fourth-order valence-corrected chi connectivity index (χ4v) is 4.74. The summed E-state index contributed by atoms with van der Waals surface area (Å²) >= 11 is 5.96. The summed E-state index contributed by atoms with van der Waals surface area (Å²) in [7, 11) is 0. The highest BCUT2D eigenvalue weighted by atomic mass is 35.5. The van der Waals surface area contributed by atoms with Crippen LogP contribution in [0.25, 0.3) is 0 Å². The van der Waals surface area contributed by atoms with Crippen LogP contribution in [0.4, 0.5) is 11.5 Å². The van der Waals surface area contributed by atoms with Crippen molar-refractivity contribution in [3.63, 3.8) is 0 Å². The van der Waals surface area contributed by atoms with Crippen molar-refractivity contribution in [2.75, 3.05) is 11.9 Å². The number of aromatic nitrogens is 2. The van der Waals surface area contributed by atoms with Gasteiger partial charge in [-0.05, 0) is 81.7 Å². The zero-order valence-corrected chi connectivity index (χ0v) is 18.1. The van der Waals surface area contributed by atoms with Gasteiger partial charge in [0.2, 0.25) is 0 Å². The summed E-state index contributed by atoms with van der Waals surface area (Å²) in [6.07, 6.45) is 7.51. The second-order valence-corrected chi connectivity index (χ2v) is 9.17. The van der Waals surface area contributed by atoms with Gasteiger partial charge in [0, 0.05) is 29.0 Å². The van der Waals surface area contributed by atoms with Gasteiger partial charge in [-0.15, -0.1) is 0 Å². The molecule has 1 aromatic carbocycles. The molecule has 30 heavy (non-hydrogen) atoms. The molecule has 1 amide bonds. The number of rotatable bonds is 8. The molecule has 2 fully saturated rings. The topological polar surface area (TPSA) is 111 Å². The second kappa shape index (κ2) is 8.96. The number of carbonyl (C=O) groups is 1. The number of anilines is 2. The minimum atomic E-state index is -0.504. The molecule has 0 radical (unpaired) electrons. The van der Waals surface area contributed by atoms with Crippen molar-refractivity contribution in [2.24, 2.45) is 23.3 Å². The lowest BCUT2D eigenvalue weighted by atomic mass is 9.81. The summed E-state index contributed by atoms with van der Waals surface area (Å²) in [6, 6.07) is 8.47. The van der Waals surface area contributed by atoms with E-state index in [4.69, 9.17) is 28.2 Å². The molecule has 1 aromatic heterocycles. The fraction of sp³-hybridized carbons (Fsp3) is 0.545. The lowest BCUT2D eigenvalue weighted by molar-refractivity contribution is 0.100. The molecule has 2 saturated carbocycles. The molecule has 2 aliphatic carbocycles. The Morgan fingerprint density at radius 2 is 2.00 bits per heavy atom. The van der Waals surface area contributed by atoms with E-state index in [0.717, 1.165) is 30.9 Å². The van der Waals surface area contributed by atoms with Gasteiger partial charge in [-0.1, -0.05) is 11.6 Å². The number of benzene rings is 1. The number of carbonyl (C=O) groups excluding carboxylic acids is 1. The predicted octanol–water partition coefficient (Wildman–Crippen LogP) is 3.44. The lowest BCUT2D eigenvalue weighted by Gasteiger charge is -2.37. The molecule has 2 aromatic rings. The maximum Gasteiger partial charge on any atom is 0.254 e. The molecule has 8 heteroatoms. The Kier molecular flexibility index (Phi) is 6.32. The molecule has 162 valence electrons. The van der Waals surface area contributed by atoms with E-state index in [1.807, 2.05) is 16.8 Å². The minimum absolute atomic E-state index is 0.156. The van der Waals surface area contributed by atoms with Gasteiger partial charge in [0.15, 0.2) is 5.82 Å². The van der Waals surface area contributed by atoms with E-state index in [-0.39, 0.29) is 6.04 Å². The lowest BCUT2D eigenvalue weighted by Crippen LogP contribution is -2.44. The third kappa shape index (κ3) is 4.79. The standard InChI is InChI=1S/C22H31ClN6O/c1-13(14-2-3-14)26-18-8-9-20(15(10-18)11-24)29-12-19(21(25)30)22(28-29)27-17-6-4-16(23)5-7-17/h4-7,12-15,18,20,26H,2-3,8-11,24H2,1H3,(H2,25,30)(H,27,28)/t13-,15+,18+,20-/m0/s1. The normalized spacial score (nSPS) is 25.1. The number of nitrogens with two attached hydrogens (primary N) is 2. The highest BCUT2D eigenvalue weighted by molar-refractivity contribution is 6.30. The number of hydrogen-bond donors (Lipinski definition) is 4. The van der Waals surface area contributed by atoms with Crippen molar-refractivity contribution in [1.29, 1.82) is 0 Å². The first-order valence-corrected chi connectivity index (χ1v) is 11.2. The Balaban J connectivity index is 1.49. The number of amides is 1. The van der Waals surface area contributed by atoms with Gasteiger partial charge in [0.05, 0.1) is 6.04 Å². The highest BCUT2D eigenvalue weighted by Gasteiger charge is 2.35. The number of nitrogens with one attached hydrogen (secondary N) is 2. The molecule has 7 nitrogen and oxygen atoms in total. The number of primary amides is 1. The van der Waals surface area contributed by atoms with E-state index < -0.39 is 5.91 Å². The third-order valence-electron chi connectivity index (χ3n) is 6.52. The zero-order valence-electron chi connectivity index (χ0n) is 17.4. The number of halogens is 1. The van der Waals surface area contributed by atoms with Crippen molar-refractivity contribution >= 4 is 29.0 Å². The van der Waals surface area contributed by atoms with E-state index in [2.05, 4.69) is 17.6 Å². The first-order valence-electron chi connectivity index (χ1n) is 10.8. The van der Waals surface area contributed by atoms with Crippen molar-refractivity contribution in [3.8, 4) is 0 Å². The SMILES string of the molecule is C[C@H](N[C@@H]1CC[C@H](n2cc(C(N)=O)c(Nc3ccc(Cl)cc3)n2)[C@@H](CN)C1)C1CC1. The molecule has 2 aliphatic rings. The van der Waals surface area contributed by atoms with Crippen LogP contribution in [0.15, 0.2) is 30.5 Å². The summed E-state index contributed by atoms with van der Waals surface area (Å²) in [5, 5.41) is 12.3. The quantitative estimate of drug-likeness (QED) is 0.512. The molecule has 0 saturated heterocycles. The average Bonchev–Trinajstić information content (AvgIpc) is 3.50. The van der Waals surface area contributed by atoms with Crippen LogP contribution in [0, 0.1) is 11.8 Å². The fourth-order valence-electron chi connectivity index (χ4n) is 4.61. The summed E-state index contributed by atoms with van der Waals surface area (Å²) in [5.74, 6) is 1.09. The maximum atomic E-state index is 12.0. The van der Waals surface area contributed by atoms with Crippen LogP contribution in [0.1, 0.15) is 55.4 Å². The van der Waals surface area contributed by atoms with Gasteiger partial charge in [-0.3, -0.25) is 9.48 Å². The Bertz CT molecular complexity index is 878. The molecule has 4 atom stereocenters. The van der Waals surface area contributed by atoms with E-state index >= 15 is 0 Å². The second-order valence-electron chi connectivity index (χ2n) is 8.73. The molecule has 6 N–H and O–H groups in total.